The highest BCUT2D eigenvalue weighted by Gasteiger charge is 2.52. The van der Waals surface area contributed by atoms with Gasteiger partial charge in [-0.15, -0.1) is 11.3 Å². The van der Waals surface area contributed by atoms with E-state index in [-0.39, 0.29) is 24.1 Å². The fourth-order valence-electron chi connectivity index (χ4n) is 10.3. The topological polar surface area (TPSA) is 157 Å². The van der Waals surface area contributed by atoms with E-state index in [4.69, 9.17) is 4.98 Å². The number of rotatable bonds is 11. The third-order valence-corrected chi connectivity index (χ3v) is 14.3. The van der Waals surface area contributed by atoms with Gasteiger partial charge in [0.2, 0.25) is 11.8 Å². The molecule has 58 heavy (non-hydrogen) atoms. The molecule has 302 valence electrons. The fourth-order valence-corrected chi connectivity index (χ4v) is 11.4. The van der Waals surface area contributed by atoms with Crippen LogP contribution in [0.1, 0.15) is 115 Å². The summed E-state index contributed by atoms with van der Waals surface area (Å²) in [6, 6.07) is 14.1. The van der Waals surface area contributed by atoms with Crippen molar-refractivity contribution in [1.82, 2.24) is 25.1 Å². The number of nitrogens with one attached hydrogen (secondary N) is 3. The van der Waals surface area contributed by atoms with Gasteiger partial charge in [-0.25, -0.2) is 4.98 Å². The summed E-state index contributed by atoms with van der Waals surface area (Å²) in [5, 5.41) is 21.0. The Balaban J connectivity index is 0.728. The van der Waals surface area contributed by atoms with Crippen LogP contribution in [-0.4, -0.2) is 80.7 Å². The average molecular weight is 802 g/mol. The van der Waals surface area contributed by atoms with Crippen LogP contribution in [0.15, 0.2) is 61.3 Å². The zero-order valence-electron chi connectivity index (χ0n) is 33.2. The summed E-state index contributed by atoms with van der Waals surface area (Å²) in [5.74, 6) is 0.506. The van der Waals surface area contributed by atoms with Crippen LogP contribution in [0.5, 0.6) is 0 Å². The number of carbonyl (C=O) groups is 4. The quantitative estimate of drug-likeness (QED) is 0.119. The standard InChI is InChI=1S/C45H51N7O5S/c1-26-30-7-6-9-32(39(30)43(56)52(26)36-14-15-38(53)50-41(36)55)47-18-16-28-21-45(22-28)24-51(25-45)23-27-10-12-29(13-11-27)42-49-35-19-31(44(2,3)57)34(20-37(35)58-42)48-40(54)33-8-4-5-17-46-33/h4-9,17,19-20,27-29,36,47,57H,1,10-16,18,21-25H2,2-3H3,(H,48,54)(H,50,53,55). The van der Waals surface area contributed by atoms with Gasteiger partial charge in [0.1, 0.15) is 11.7 Å². The van der Waals surface area contributed by atoms with Crippen LogP contribution in [0.2, 0.25) is 0 Å². The third kappa shape index (κ3) is 7.32. The highest BCUT2D eigenvalue weighted by atomic mass is 32.1. The second-order valence-electron chi connectivity index (χ2n) is 17.8. The molecule has 4 amide bonds. The number of aromatic nitrogens is 2. The number of amides is 4. The molecule has 5 heterocycles. The van der Waals surface area contributed by atoms with E-state index in [2.05, 4.69) is 32.4 Å². The molecular weight excluding hydrogens is 751 g/mol. The summed E-state index contributed by atoms with van der Waals surface area (Å²) >= 11 is 1.70. The van der Waals surface area contributed by atoms with E-state index in [1.807, 2.05) is 30.3 Å². The minimum Gasteiger partial charge on any atom is -0.386 e. The molecule has 1 atom stereocenters. The second kappa shape index (κ2) is 15.0. The molecule has 9 rings (SSSR count). The SMILES string of the molecule is C=C1c2cccc(NCCC3CC4(C3)CN(CC3CCC(c5nc6cc(C(C)(C)O)c(NC(=O)c7ccccn7)cc6s5)CC3)C4)c2C(=O)N1C1CCC(=O)NC1=O. The van der Waals surface area contributed by atoms with Crippen molar-refractivity contribution in [2.75, 3.05) is 36.8 Å². The number of imide groups is 1. The van der Waals surface area contributed by atoms with Crippen LogP contribution in [-0.2, 0) is 15.2 Å². The Kier molecular flexibility index (Phi) is 9.96. The predicted octanol–water partition coefficient (Wildman–Crippen LogP) is 6.89. The van der Waals surface area contributed by atoms with Gasteiger partial charge in [-0.1, -0.05) is 24.8 Å². The van der Waals surface area contributed by atoms with Crippen molar-refractivity contribution in [3.05, 3.63) is 88.7 Å². The maximum atomic E-state index is 13.6. The summed E-state index contributed by atoms with van der Waals surface area (Å²) in [6.07, 6.45) is 10.3. The van der Waals surface area contributed by atoms with Crippen molar-refractivity contribution in [3.63, 3.8) is 0 Å². The summed E-state index contributed by atoms with van der Waals surface area (Å²) in [4.78, 5) is 64.2. The number of carbonyl (C=O) groups excluding carboxylic acids is 4. The number of fused-ring (bicyclic) bond motifs is 2. The van der Waals surface area contributed by atoms with E-state index >= 15 is 0 Å². The van der Waals surface area contributed by atoms with Gasteiger partial charge in [-0.3, -0.25) is 34.4 Å². The van der Waals surface area contributed by atoms with E-state index in [1.54, 1.807) is 49.6 Å². The van der Waals surface area contributed by atoms with Crippen molar-refractivity contribution in [2.24, 2.45) is 17.3 Å². The zero-order chi connectivity index (χ0) is 40.3. The first-order valence-electron chi connectivity index (χ1n) is 20.7. The number of hydrogen-bond donors (Lipinski definition) is 4. The molecule has 13 heteroatoms. The molecule has 4 fully saturated rings. The Bertz CT molecular complexity index is 2300. The molecule has 2 aromatic heterocycles. The van der Waals surface area contributed by atoms with Crippen molar-refractivity contribution < 1.29 is 24.3 Å². The first kappa shape index (κ1) is 38.5. The molecule has 2 saturated heterocycles. The summed E-state index contributed by atoms with van der Waals surface area (Å²) in [5.41, 5.74) is 4.28. The largest absolute Gasteiger partial charge is 0.386 e. The fraction of sp³-hybridized carbons (Fsp3) is 0.467. The van der Waals surface area contributed by atoms with Gasteiger partial charge in [-0.2, -0.15) is 0 Å². The Morgan fingerprint density at radius 1 is 1.02 bits per heavy atom. The van der Waals surface area contributed by atoms with Gasteiger partial charge in [0.25, 0.3) is 11.8 Å². The number of nitrogens with zero attached hydrogens (tertiary/aromatic N) is 4. The average Bonchev–Trinajstić information content (AvgIpc) is 3.70. The van der Waals surface area contributed by atoms with Crippen LogP contribution in [0.3, 0.4) is 0 Å². The molecule has 2 saturated carbocycles. The van der Waals surface area contributed by atoms with Crippen LogP contribution in [0.25, 0.3) is 15.9 Å². The summed E-state index contributed by atoms with van der Waals surface area (Å²) in [6.45, 7) is 11.9. The van der Waals surface area contributed by atoms with Crippen molar-refractivity contribution in [3.8, 4) is 0 Å². The van der Waals surface area contributed by atoms with Crippen molar-refractivity contribution in [2.45, 2.75) is 89.2 Å². The van der Waals surface area contributed by atoms with Gasteiger partial charge in [0.15, 0.2) is 0 Å². The Hall–Kier alpha value is -4.98. The van der Waals surface area contributed by atoms with E-state index in [9.17, 15) is 24.3 Å². The van der Waals surface area contributed by atoms with Crippen LogP contribution >= 0.6 is 11.3 Å². The Morgan fingerprint density at radius 2 is 1.81 bits per heavy atom. The molecule has 0 radical (unpaired) electrons. The van der Waals surface area contributed by atoms with E-state index in [1.165, 1.54) is 50.2 Å². The zero-order valence-corrected chi connectivity index (χ0v) is 34.0. The molecule has 1 spiro atoms. The van der Waals surface area contributed by atoms with E-state index in [0.29, 0.717) is 57.8 Å². The van der Waals surface area contributed by atoms with Gasteiger partial charge in [-0.05, 0) is 113 Å². The lowest BCUT2D eigenvalue weighted by Crippen LogP contribution is -2.63. The van der Waals surface area contributed by atoms with Gasteiger partial charge in [0, 0.05) is 72.9 Å². The minimum atomic E-state index is -1.16. The molecule has 0 bridgehead atoms. The molecule has 4 aromatic rings. The molecule has 1 unspecified atom stereocenters. The number of thiazole rings is 1. The van der Waals surface area contributed by atoms with Crippen LogP contribution in [0.4, 0.5) is 11.4 Å². The summed E-state index contributed by atoms with van der Waals surface area (Å²) in [7, 11) is 0. The number of benzene rings is 2. The normalized spacial score (nSPS) is 23.4. The van der Waals surface area contributed by atoms with E-state index in [0.717, 1.165) is 52.3 Å². The number of piperidine rings is 1. The lowest BCUT2D eigenvalue weighted by atomic mass is 9.57. The van der Waals surface area contributed by atoms with Gasteiger partial charge in [0.05, 0.1) is 26.4 Å². The Labute approximate surface area is 342 Å². The highest BCUT2D eigenvalue weighted by molar-refractivity contribution is 7.18. The van der Waals surface area contributed by atoms with Gasteiger partial charge >= 0.3 is 0 Å². The molecule has 2 aromatic carbocycles. The van der Waals surface area contributed by atoms with Crippen molar-refractivity contribution >= 4 is 62.3 Å². The number of aliphatic hydroxyl groups is 1. The maximum absolute atomic E-state index is 13.6. The molecule has 12 nitrogen and oxygen atoms in total. The van der Waals surface area contributed by atoms with Crippen LogP contribution in [0, 0.1) is 17.3 Å². The molecular formula is C45H51N7O5S. The van der Waals surface area contributed by atoms with Crippen LogP contribution < -0.4 is 16.0 Å². The lowest BCUT2D eigenvalue weighted by Gasteiger charge is -2.60. The molecule has 5 aliphatic rings. The first-order valence-corrected chi connectivity index (χ1v) is 21.5. The van der Waals surface area contributed by atoms with Crippen molar-refractivity contribution in [1.29, 1.82) is 0 Å². The maximum Gasteiger partial charge on any atom is 0.274 e. The molecule has 3 aliphatic heterocycles. The smallest absolute Gasteiger partial charge is 0.274 e. The first-order chi connectivity index (χ1) is 27.8. The lowest BCUT2D eigenvalue weighted by molar-refractivity contribution is -0.136. The predicted molar refractivity (Wildman–Crippen MR) is 224 cm³/mol. The number of pyridine rings is 1. The molecule has 4 N–H and O–H groups in total. The Morgan fingerprint density at radius 3 is 2.53 bits per heavy atom. The second-order valence-corrected chi connectivity index (χ2v) is 18.9. The van der Waals surface area contributed by atoms with Gasteiger partial charge < -0.3 is 20.6 Å². The molecule has 2 aliphatic carbocycles. The number of hydrogen-bond acceptors (Lipinski definition) is 10. The monoisotopic (exact) mass is 801 g/mol. The minimum absolute atomic E-state index is 0.206. The number of likely N-dealkylation sites (tertiary alicyclic amines) is 1. The number of anilines is 2. The summed E-state index contributed by atoms with van der Waals surface area (Å²) < 4.78 is 1.00. The highest BCUT2D eigenvalue weighted by Crippen LogP contribution is 2.53. The van der Waals surface area contributed by atoms with E-state index < -0.39 is 17.6 Å². The third-order valence-electron chi connectivity index (χ3n) is 13.1.